The number of carbonyl (C=O) groups excluding carboxylic acids is 5. The number of carbonyl (C=O) groups is 5. The first-order valence-corrected chi connectivity index (χ1v) is 13.7. The number of ether oxygens (including phenoxy) is 1. The molecule has 3 aliphatic rings. The van der Waals surface area contributed by atoms with Gasteiger partial charge in [0.05, 0.1) is 18.0 Å². The topological polar surface area (TPSA) is 147 Å². The Morgan fingerprint density at radius 2 is 1.90 bits per heavy atom. The summed E-state index contributed by atoms with van der Waals surface area (Å²) in [6, 6.07) is 4.03. The predicted molar refractivity (Wildman–Crippen MR) is 144 cm³/mol. The first-order chi connectivity index (χ1) is 20.0. The number of aryl methyl sites for hydroxylation is 1. The number of aromatic nitrogens is 3. The number of allylic oxidation sites excluding steroid dienone is 1. The average molecular weight is 582 g/mol. The summed E-state index contributed by atoms with van der Waals surface area (Å²) in [7, 11) is 2.97. The van der Waals surface area contributed by atoms with E-state index in [-0.39, 0.29) is 39.0 Å². The van der Waals surface area contributed by atoms with Gasteiger partial charge in [-0.15, -0.1) is 0 Å². The molecule has 0 aliphatic carbocycles. The summed E-state index contributed by atoms with van der Waals surface area (Å²) in [5.41, 5.74) is 0.167. The lowest BCUT2D eigenvalue weighted by molar-refractivity contribution is -0.160. The summed E-state index contributed by atoms with van der Waals surface area (Å²) in [4.78, 5) is 73.9. The molecule has 0 radical (unpaired) electrons. The third kappa shape index (κ3) is 5.01. The van der Waals surface area contributed by atoms with Crippen molar-refractivity contribution in [1.82, 2.24) is 34.8 Å². The third-order valence-corrected chi connectivity index (χ3v) is 8.15. The van der Waals surface area contributed by atoms with E-state index in [4.69, 9.17) is 4.74 Å². The van der Waals surface area contributed by atoms with Crippen molar-refractivity contribution in [3.8, 4) is 5.69 Å². The first kappa shape index (κ1) is 28.9. The highest BCUT2D eigenvalue weighted by Crippen LogP contribution is 2.50. The summed E-state index contributed by atoms with van der Waals surface area (Å²) in [6.45, 7) is 2.41. The van der Waals surface area contributed by atoms with Crippen LogP contribution in [-0.2, 0) is 35.3 Å². The summed E-state index contributed by atoms with van der Waals surface area (Å²) < 4.78 is 21.3. The molecule has 1 atom stereocenters. The van der Waals surface area contributed by atoms with Crippen LogP contribution in [0.2, 0.25) is 0 Å². The van der Waals surface area contributed by atoms with Gasteiger partial charge in [0.25, 0.3) is 5.91 Å². The standard InChI is InChI=1S/C28H32FN7O6/c1-17-31-16-32-36(17)20-13-19(29)6-5-18(20)14-30-24(38)22-23(37)25(39)35-9-4-12-42-15-21(35)28(22)7-10-34(11-8-28)27(41)26(40)33(2)3/h5-6,13,15-16,22H,4,7-12,14H2,1-3H3,(H,30,38). The molecule has 4 amide bonds. The minimum Gasteiger partial charge on any atom is -0.499 e. The van der Waals surface area contributed by atoms with Crippen molar-refractivity contribution in [3.63, 3.8) is 0 Å². The number of likely N-dealkylation sites (tertiary alicyclic amines) is 1. The van der Waals surface area contributed by atoms with Crippen molar-refractivity contribution in [2.75, 3.05) is 40.3 Å². The molecule has 3 aliphatic heterocycles. The fraction of sp³-hybridized carbons (Fsp3) is 0.464. The lowest BCUT2D eigenvalue weighted by Crippen LogP contribution is -2.62. The lowest BCUT2D eigenvalue weighted by Gasteiger charge is -2.51. The molecule has 0 bridgehead atoms. The van der Waals surface area contributed by atoms with Gasteiger partial charge in [0.2, 0.25) is 11.7 Å². The Bertz CT molecular complexity index is 1480. The number of nitrogens with zero attached hydrogens (tertiary/aromatic N) is 6. The summed E-state index contributed by atoms with van der Waals surface area (Å²) in [5.74, 6) is -5.05. The number of Topliss-reactive ketones (excluding diaryl/α,β-unsaturated/α-hetero) is 1. The molecule has 1 unspecified atom stereocenters. The maximum atomic E-state index is 14.2. The second kappa shape index (κ2) is 11.3. The predicted octanol–water partition coefficient (Wildman–Crippen LogP) is 0.317. The van der Waals surface area contributed by atoms with Crippen molar-refractivity contribution in [1.29, 1.82) is 0 Å². The van der Waals surface area contributed by atoms with Crippen LogP contribution in [0.3, 0.4) is 0 Å². The SMILES string of the molecule is Cc1ncnn1-c1cc(F)ccc1CNC(=O)C1C(=O)C(=O)N2CCCOC=C2C12CCN(C(=O)C(=O)N(C)C)CC2. The fourth-order valence-corrected chi connectivity index (χ4v) is 5.93. The number of hydrogen-bond acceptors (Lipinski definition) is 8. The maximum Gasteiger partial charge on any atom is 0.312 e. The van der Waals surface area contributed by atoms with Crippen LogP contribution in [-0.4, -0.2) is 99.2 Å². The number of piperidine rings is 2. The van der Waals surface area contributed by atoms with Crippen LogP contribution in [0.25, 0.3) is 5.69 Å². The third-order valence-electron chi connectivity index (χ3n) is 8.15. The van der Waals surface area contributed by atoms with Gasteiger partial charge in [0.15, 0.2) is 0 Å². The molecule has 1 N–H and O–H groups in total. The molecule has 222 valence electrons. The second-order valence-corrected chi connectivity index (χ2v) is 10.8. The highest BCUT2D eigenvalue weighted by molar-refractivity contribution is 6.42. The smallest absolute Gasteiger partial charge is 0.312 e. The second-order valence-electron chi connectivity index (χ2n) is 10.8. The van der Waals surface area contributed by atoms with Crippen molar-refractivity contribution >= 4 is 29.4 Å². The van der Waals surface area contributed by atoms with Gasteiger partial charge >= 0.3 is 11.8 Å². The van der Waals surface area contributed by atoms with E-state index in [9.17, 15) is 28.4 Å². The average Bonchev–Trinajstić information content (AvgIpc) is 3.24. The lowest BCUT2D eigenvalue weighted by atomic mass is 9.62. The van der Waals surface area contributed by atoms with Gasteiger partial charge in [-0.2, -0.15) is 5.10 Å². The number of benzene rings is 1. The van der Waals surface area contributed by atoms with Gasteiger partial charge in [0.1, 0.15) is 30.1 Å². The number of hydrogen-bond donors (Lipinski definition) is 1. The Morgan fingerprint density at radius 1 is 1.17 bits per heavy atom. The van der Waals surface area contributed by atoms with E-state index in [2.05, 4.69) is 15.4 Å². The number of halogens is 1. The fourth-order valence-electron chi connectivity index (χ4n) is 5.93. The molecule has 1 aromatic carbocycles. The Balaban J connectivity index is 1.45. The Morgan fingerprint density at radius 3 is 2.57 bits per heavy atom. The molecule has 4 heterocycles. The van der Waals surface area contributed by atoms with E-state index in [0.29, 0.717) is 35.8 Å². The molecule has 5 rings (SSSR count). The molecule has 13 nitrogen and oxygen atoms in total. The molecular formula is C28H32FN7O6. The monoisotopic (exact) mass is 581 g/mol. The van der Waals surface area contributed by atoms with Crippen molar-refractivity contribution < 1.29 is 33.1 Å². The molecule has 2 aromatic rings. The van der Waals surface area contributed by atoms with E-state index in [1.165, 1.54) is 64.3 Å². The number of ketones is 1. The minimum atomic E-state index is -1.40. The summed E-state index contributed by atoms with van der Waals surface area (Å²) >= 11 is 0. The van der Waals surface area contributed by atoms with Crippen LogP contribution < -0.4 is 5.32 Å². The number of rotatable bonds is 4. The Kier molecular flexibility index (Phi) is 7.80. The van der Waals surface area contributed by atoms with Gasteiger partial charge in [-0.05, 0) is 43.9 Å². The van der Waals surface area contributed by atoms with Gasteiger partial charge in [-0.1, -0.05) is 6.07 Å². The van der Waals surface area contributed by atoms with E-state index in [0.717, 1.165) is 0 Å². The first-order valence-electron chi connectivity index (χ1n) is 13.7. The molecule has 1 spiro atoms. The van der Waals surface area contributed by atoms with Crippen LogP contribution in [0, 0.1) is 24.1 Å². The van der Waals surface area contributed by atoms with Gasteiger partial charge in [-0.25, -0.2) is 14.1 Å². The van der Waals surface area contributed by atoms with Crippen LogP contribution in [0.5, 0.6) is 0 Å². The van der Waals surface area contributed by atoms with Gasteiger partial charge in [-0.3, -0.25) is 24.0 Å². The molecule has 2 fully saturated rings. The normalized spacial score (nSPS) is 19.9. The van der Waals surface area contributed by atoms with E-state index >= 15 is 0 Å². The molecule has 42 heavy (non-hydrogen) atoms. The van der Waals surface area contributed by atoms with Gasteiger partial charge in [0, 0.05) is 45.7 Å². The van der Waals surface area contributed by atoms with Gasteiger partial charge < -0.3 is 24.8 Å². The van der Waals surface area contributed by atoms with Crippen LogP contribution >= 0.6 is 0 Å². The van der Waals surface area contributed by atoms with Crippen LogP contribution in [0.1, 0.15) is 30.7 Å². The highest BCUT2D eigenvalue weighted by Gasteiger charge is 2.59. The minimum absolute atomic E-state index is 0.0804. The van der Waals surface area contributed by atoms with Crippen molar-refractivity contribution in [2.45, 2.75) is 32.7 Å². The van der Waals surface area contributed by atoms with Crippen LogP contribution in [0.4, 0.5) is 4.39 Å². The zero-order valence-electron chi connectivity index (χ0n) is 23.6. The number of likely N-dealkylation sites (N-methyl/N-ethyl adjacent to an activating group) is 1. The quantitative estimate of drug-likeness (QED) is 0.401. The van der Waals surface area contributed by atoms with Crippen molar-refractivity contribution in [2.24, 2.45) is 11.3 Å². The number of fused-ring (bicyclic) bond motifs is 2. The molecule has 14 heteroatoms. The molecule has 2 saturated heterocycles. The zero-order valence-corrected chi connectivity index (χ0v) is 23.6. The maximum absolute atomic E-state index is 14.2. The van der Waals surface area contributed by atoms with E-state index in [1.54, 1.807) is 6.92 Å². The molecule has 0 saturated carbocycles. The van der Waals surface area contributed by atoms with E-state index < -0.39 is 46.6 Å². The molecule has 1 aromatic heterocycles. The molecular weight excluding hydrogens is 549 g/mol. The highest BCUT2D eigenvalue weighted by atomic mass is 19.1. The van der Waals surface area contributed by atoms with Crippen molar-refractivity contribution in [3.05, 3.63) is 53.7 Å². The summed E-state index contributed by atoms with van der Waals surface area (Å²) in [5, 5.41) is 6.92. The summed E-state index contributed by atoms with van der Waals surface area (Å²) in [6.07, 6.45) is 3.59. The van der Waals surface area contributed by atoms with E-state index in [1.807, 2.05) is 0 Å². The van der Waals surface area contributed by atoms with Crippen LogP contribution in [0.15, 0.2) is 36.5 Å². The largest absolute Gasteiger partial charge is 0.499 e. The Labute approximate surface area is 241 Å². The number of nitrogens with one attached hydrogen (secondary N) is 1. The number of amides is 4. The zero-order chi connectivity index (χ0) is 30.2. The Hall–Kier alpha value is -4.62.